The molecule has 176 valence electrons. The van der Waals surface area contributed by atoms with Crippen LogP contribution in [-0.4, -0.2) is 49.4 Å². The number of anilines is 1. The Hall–Kier alpha value is -2.39. The third kappa shape index (κ3) is 5.76. The summed E-state index contributed by atoms with van der Waals surface area (Å²) in [5, 5.41) is 4.95. The van der Waals surface area contributed by atoms with Gasteiger partial charge < -0.3 is 4.74 Å². The van der Waals surface area contributed by atoms with Gasteiger partial charge in [0.2, 0.25) is 0 Å². The van der Waals surface area contributed by atoms with E-state index in [1.807, 2.05) is 18.3 Å². The zero-order valence-electron chi connectivity index (χ0n) is 19.1. The van der Waals surface area contributed by atoms with Crippen LogP contribution in [0.15, 0.2) is 59.8 Å². The molecule has 1 fully saturated rings. The fraction of sp³-hybridized carbons (Fsp3) is 0.375. The van der Waals surface area contributed by atoms with Crippen LogP contribution >= 0.6 is 11.6 Å². The van der Waals surface area contributed by atoms with Crippen LogP contribution < -0.4 is 4.72 Å². The molecule has 7 nitrogen and oxygen atoms in total. The van der Waals surface area contributed by atoms with Crippen molar-refractivity contribution in [1.82, 2.24) is 14.7 Å². The molecule has 3 aromatic rings. The second-order valence-electron chi connectivity index (χ2n) is 9.22. The molecule has 0 atom stereocenters. The zero-order chi connectivity index (χ0) is 23.6. The lowest BCUT2D eigenvalue weighted by atomic mass is 9.87. The minimum absolute atomic E-state index is 0.0575. The number of nitrogens with one attached hydrogen (secondary N) is 1. The molecule has 1 saturated heterocycles. The van der Waals surface area contributed by atoms with Crippen LogP contribution in [0.3, 0.4) is 0 Å². The van der Waals surface area contributed by atoms with Crippen LogP contribution in [0.5, 0.6) is 0 Å². The van der Waals surface area contributed by atoms with Gasteiger partial charge in [0.15, 0.2) is 0 Å². The van der Waals surface area contributed by atoms with Crippen LogP contribution in [0.1, 0.15) is 31.9 Å². The smallest absolute Gasteiger partial charge is 0.261 e. The van der Waals surface area contributed by atoms with Gasteiger partial charge in [0.25, 0.3) is 10.0 Å². The highest BCUT2D eigenvalue weighted by atomic mass is 35.5. The van der Waals surface area contributed by atoms with E-state index in [-0.39, 0.29) is 10.3 Å². The fourth-order valence-electron chi connectivity index (χ4n) is 3.71. The van der Waals surface area contributed by atoms with Crippen molar-refractivity contribution in [1.29, 1.82) is 0 Å². The van der Waals surface area contributed by atoms with E-state index in [9.17, 15) is 8.42 Å². The van der Waals surface area contributed by atoms with Crippen molar-refractivity contribution in [2.24, 2.45) is 0 Å². The van der Waals surface area contributed by atoms with Crippen LogP contribution in [0, 0.1) is 0 Å². The molecule has 1 aliphatic rings. The summed E-state index contributed by atoms with van der Waals surface area (Å²) >= 11 is 6.24. The van der Waals surface area contributed by atoms with Gasteiger partial charge in [0.05, 0.1) is 35.7 Å². The van der Waals surface area contributed by atoms with E-state index in [0.717, 1.165) is 44.0 Å². The number of morpholine rings is 1. The molecule has 33 heavy (non-hydrogen) atoms. The number of rotatable bonds is 6. The number of ether oxygens (including phenoxy) is 1. The normalized spacial score (nSPS) is 15.5. The first-order valence-corrected chi connectivity index (χ1v) is 12.7. The molecule has 4 rings (SSSR count). The summed E-state index contributed by atoms with van der Waals surface area (Å²) in [4.78, 5) is 2.50. The average Bonchev–Trinajstić information content (AvgIpc) is 3.23. The number of nitrogens with zero attached hydrogens (tertiary/aromatic N) is 3. The van der Waals surface area contributed by atoms with E-state index in [2.05, 4.69) is 35.5 Å². The molecule has 0 spiro atoms. The topological polar surface area (TPSA) is 76.5 Å². The summed E-state index contributed by atoms with van der Waals surface area (Å²) in [5.74, 6) is 0. The average molecular weight is 489 g/mol. The van der Waals surface area contributed by atoms with Crippen molar-refractivity contribution in [3.05, 3.63) is 71.0 Å². The number of hydrogen-bond acceptors (Lipinski definition) is 5. The number of benzene rings is 2. The largest absolute Gasteiger partial charge is 0.379 e. The van der Waals surface area contributed by atoms with Crippen molar-refractivity contribution >= 4 is 27.3 Å². The number of aromatic nitrogens is 2. The molecule has 9 heteroatoms. The van der Waals surface area contributed by atoms with E-state index in [4.69, 9.17) is 16.3 Å². The van der Waals surface area contributed by atoms with Gasteiger partial charge in [-0.25, -0.2) is 13.1 Å². The Balaban J connectivity index is 1.58. The SMILES string of the molecule is CC(C)(C)c1ccc(S(=O)(=O)Nc2ccc(Cl)cc2-n2cc(CN3CCOCC3)cn2)cc1. The third-order valence-corrected chi connectivity index (χ3v) is 7.24. The second-order valence-corrected chi connectivity index (χ2v) is 11.3. The Morgan fingerprint density at radius 1 is 1.09 bits per heavy atom. The third-order valence-electron chi connectivity index (χ3n) is 5.63. The molecule has 0 amide bonds. The molecule has 0 bridgehead atoms. The minimum Gasteiger partial charge on any atom is -0.379 e. The van der Waals surface area contributed by atoms with Crippen LogP contribution in [-0.2, 0) is 26.7 Å². The first-order chi connectivity index (χ1) is 15.6. The van der Waals surface area contributed by atoms with Gasteiger partial charge in [-0.15, -0.1) is 0 Å². The predicted octanol–water partition coefficient (Wildman–Crippen LogP) is 4.46. The molecule has 0 saturated carbocycles. The molecule has 0 unspecified atom stereocenters. The van der Waals surface area contributed by atoms with Gasteiger partial charge in [-0.05, 0) is 41.3 Å². The monoisotopic (exact) mass is 488 g/mol. The highest BCUT2D eigenvalue weighted by Crippen LogP contribution is 2.28. The van der Waals surface area contributed by atoms with E-state index in [0.29, 0.717) is 16.4 Å². The molecular formula is C24H29ClN4O3S. The fourth-order valence-corrected chi connectivity index (χ4v) is 4.95. The molecule has 2 aromatic carbocycles. The van der Waals surface area contributed by atoms with Gasteiger partial charge in [0.1, 0.15) is 0 Å². The Kier molecular flexibility index (Phi) is 6.81. The summed E-state index contributed by atoms with van der Waals surface area (Å²) in [5.41, 5.74) is 3.00. The van der Waals surface area contributed by atoms with Gasteiger partial charge in [-0.2, -0.15) is 5.10 Å². The summed E-state index contributed by atoms with van der Waals surface area (Å²) in [6.07, 6.45) is 3.69. The summed E-state index contributed by atoms with van der Waals surface area (Å²) in [7, 11) is -3.79. The predicted molar refractivity (Wildman–Crippen MR) is 131 cm³/mol. The number of halogens is 1. The quantitative estimate of drug-likeness (QED) is 0.554. The Morgan fingerprint density at radius 3 is 2.45 bits per heavy atom. The number of sulfonamides is 1. The van der Waals surface area contributed by atoms with E-state index in [1.54, 1.807) is 41.2 Å². The maximum absolute atomic E-state index is 13.1. The maximum atomic E-state index is 13.1. The molecular weight excluding hydrogens is 460 g/mol. The van der Waals surface area contributed by atoms with Gasteiger partial charge in [-0.3, -0.25) is 9.62 Å². The van der Waals surface area contributed by atoms with Gasteiger partial charge in [-0.1, -0.05) is 44.5 Å². The van der Waals surface area contributed by atoms with Crippen LogP contribution in [0.2, 0.25) is 5.02 Å². The molecule has 1 aliphatic heterocycles. The van der Waals surface area contributed by atoms with Crippen LogP contribution in [0.25, 0.3) is 5.69 Å². The second kappa shape index (κ2) is 9.46. The summed E-state index contributed by atoms with van der Waals surface area (Å²) in [6, 6.07) is 12.0. The molecule has 0 radical (unpaired) electrons. The van der Waals surface area contributed by atoms with Gasteiger partial charge >= 0.3 is 0 Å². The first-order valence-electron chi connectivity index (χ1n) is 10.9. The summed E-state index contributed by atoms with van der Waals surface area (Å²) < 4.78 is 36.0. The maximum Gasteiger partial charge on any atom is 0.261 e. The highest BCUT2D eigenvalue weighted by Gasteiger charge is 2.20. The Labute approximate surface area is 200 Å². The minimum atomic E-state index is -3.79. The van der Waals surface area contributed by atoms with Crippen molar-refractivity contribution in [3.63, 3.8) is 0 Å². The highest BCUT2D eigenvalue weighted by molar-refractivity contribution is 7.92. The van der Waals surface area contributed by atoms with Crippen molar-refractivity contribution in [2.75, 3.05) is 31.0 Å². The van der Waals surface area contributed by atoms with Crippen LogP contribution in [0.4, 0.5) is 5.69 Å². The molecule has 2 heterocycles. The number of hydrogen-bond donors (Lipinski definition) is 1. The Bertz CT molecular complexity index is 1210. The Morgan fingerprint density at radius 2 is 1.79 bits per heavy atom. The van der Waals surface area contributed by atoms with E-state index in [1.165, 1.54) is 0 Å². The lowest BCUT2D eigenvalue weighted by Gasteiger charge is -2.25. The lowest BCUT2D eigenvalue weighted by molar-refractivity contribution is 0.0342. The van der Waals surface area contributed by atoms with E-state index < -0.39 is 10.0 Å². The lowest BCUT2D eigenvalue weighted by Crippen LogP contribution is -2.35. The molecule has 1 aromatic heterocycles. The summed E-state index contributed by atoms with van der Waals surface area (Å²) in [6.45, 7) is 10.2. The van der Waals surface area contributed by atoms with Crippen molar-refractivity contribution < 1.29 is 13.2 Å². The van der Waals surface area contributed by atoms with Crippen molar-refractivity contribution in [3.8, 4) is 5.69 Å². The van der Waals surface area contributed by atoms with Gasteiger partial charge in [0, 0.05) is 36.4 Å². The molecule has 1 N–H and O–H groups in total. The van der Waals surface area contributed by atoms with E-state index >= 15 is 0 Å². The zero-order valence-corrected chi connectivity index (χ0v) is 20.7. The first kappa shape index (κ1) is 23.8. The molecule has 0 aliphatic carbocycles. The van der Waals surface area contributed by atoms with Crippen molar-refractivity contribution in [2.45, 2.75) is 37.6 Å². The standard InChI is InChI=1S/C24H29ClN4O3S/c1-24(2,3)19-4-7-21(8-5-19)33(30,31)27-22-9-6-20(25)14-23(22)29-17-18(15-26-29)16-28-10-12-32-13-11-28/h4-9,14-15,17,27H,10-13,16H2,1-3H3.